The fourth-order valence-corrected chi connectivity index (χ4v) is 2.83. The Hall–Kier alpha value is -2.96. The molecule has 0 radical (unpaired) electrons. The number of nitrogens with zero attached hydrogens (tertiary/aromatic N) is 4. The number of nitrogens with one attached hydrogen (secondary N) is 1. The summed E-state index contributed by atoms with van der Waals surface area (Å²) in [5.74, 6) is -0.199. The molecule has 0 bridgehead atoms. The van der Waals surface area contributed by atoms with E-state index in [1.165, 1.54) is 0 Å². The van der Waals surface area contributed by atoms with Crippen LogP contribution in [-0.2, 0) is 16.6 Å². The minimum absolute atomic E-state index is 0.0303. The van der Waals surface area contributed by atoms with Crippen molar-refractivity contribution in [3.05, 3.63) is 48.6 Å². The van der Waals surface area contributed by atoms with Gasteiger partial charge in [0.05, 0.1) is 17.8 Å². The summed E-state index contributed by atoms with van der Waals surface area (Å²) < 4.78 is 1.65. The van der Waals surface area contributed by atoms with Gasteiger partial charge in [0, 0.05) is 45.1 Å². The van der Waals surface area contributed by atoms with Gasteiger partial charge in [0.2, 0.25) is 11.8 Å². The molecule has 1 N–H and O–H groups in total. The summed E-state index contributed by atoms with van der Waals surface area (Å²) in [5.41, 5.74) is 1.73. The lowest BCUT2D eigenvalue weighted by atomic mass is 9.96. The van der Waals surface area contributed by atoms with Gasteiger partial charge in [-0.15, -0.1) is 0 Å². The van der Waals surface area contributed by atoms with E-state index in [-0.39, 0.29) is 17.7 Å². The van der Waals surface area contributed by atoms with E-state index in [2.05, 4.69) is 15.4 Å². The number of hydrogen-bond donors (Lipinski definition) is 1. The molecule has 0 saturated carbocycles. The van der Waals surface area contributed by atoms with Crippen LogP contribution in [0.3, 0.4) is 0 Å². The minimum Gasteiger partial charge on any atom is -0.352 e. The number of pyridine rings is 1. The third kappa shape index (κ3) is 4.32. The van der Waals surface area contributed by atoms with Crippen molar-refractivity contribution in [3.8, 4) is 0 Å². The van der Waals surface area contributed by atoms with Crippen LogP contribution in [0.15, 0.2) is 43.0 Å². The van der Waals surface area contributed by atoms with E-state index in [1.54, 1.807) is 41.4 Å². The molecule has 1 atom stereocenters. The summed E-state index contributed by atoms with van der Waals surface area (Å²) in [5, 5.41) is 7.00. The van der Waals surface area contributed by atoms with Gasteiger partial charge in [-0.3, -0.25) is 19.3 Å². The van der Waals surface area contributed by atoms with E-state index in [4.69, 9.17) is 0 Å². The first-order valence-electron chi connectivity index (χ1n) is 8.27. The summed E-state index contributed by atoms with van der Waals surface area (Å²) in [6.45, 7) is 0.841. The monoisotopic (exact) mass is 339 g/mol. The molecule has 2 aromatic rings. The standard InChI is InChI=1S/C18H21N5O2/c1-22-13-16(11-21-22)23-12-15(6-7-17(23)24)18(25)20-9-3-5-14-4-2-8-19-10-14/h2-5,8,10-11,13,15H,6-7,9,12H2,1H3,(H,20,25)/t15-/m0/s1. The van der Waals surface area contributed by atoms with Gasteiger partial charge in [-0.05, 0) is 18.1 Å². The summed E-state index contributed by atoms with van der Waals surface area (Å²) in [6, 6.07) is 3.81. The van der Waals surface area contributed by atoms with Crippen LogP contribution < -0.4 is 10.2 Å². The number of carbonyl (C=O) groups excluding carboxylic acids is 2. The van der Waals surface area contributed by atoms with Crippen LogP contribution in [0, 0.1) is 5.92 Å². The topological polar surface area (TPSA) is 80.1 Å². The van der Waals surface area contributed by atoms with Gasteiger partial charge in [-0.2, -0.15) is 5.10 Å². The molecule has 0 spiro atoms. The lowest BCUT2D eigenvalue weighted by Crippen LogP contribution is -2.45. The fraction of sp³-hybridized carbons (Fsp3) is 0.333. The Labute approximate surface area is 146 Å². The minimum atomic E-state index is -0.204. The molecule has 0 unspecified atom stereocenters. The van der Waals surface area contributed by atoms with Crippen LogP contribution in [0.2, 0.25) is 0 Å². The molecule has 2 aromatic heterocycles. The largest absolute Gasteiger partial charge is 0.352 e. The zero-order valence-corrected chi connectivity index (χ0v) is 14.1. The highest BCUT2D eigenvalue weighted by atomic mass is 16.2. The van der Waals surface area contributed by atoms with Crippen molar-refractivity contribution in [2.45, 2.75) is 12.8 Å². The van der Waals surface area contributed by atoms with E-state index in [1.807, 2.05) is 24.3 Å². The quantitative estimate of drug-likeness (QED) is 0.893. The molecule has 1 saturated heterocycles. The zero-order chi connectivity index (χ0) is 17.6. The molecule has 1 aliphatic heterocycles. The van der Waals surface area contributed by atoms with E-state index in [0.717, 1.165) is 11.3 Å². The van der Waals surface area contributed by atoms with Crippen molar-refractivity contribution < 1.29 is 9.59 Å². The number of anilines is 1. The first kappa shape index (κ1) is 16.9. The third-order valence-corrected chi connectivity index (χ3v) is 4.17. The van der Waals surface area contributed by atoms with Crippen LogP contribution >= 0.6 is 0 Å². The highest BCUT2D eigenvalue weighted by molar-refractivity contribution is 5.96. The van der Waals surface area contributed by atoms with Crippen molar-refractivity contribution in [1.82, 2.24) is 20.1 Å². The molecule has 7 heteroatoms. The average molecular weight is 339 g/mol. The Balaban J connectivity index is 1.53. The smallest absolute Gasteiger partial charge is 0.227 e. The van der Waals surface area contributed by atoms with Gasteiger partial charge in [-0.25, -0.2) is 0 Å². The van der Waals surface area contributed by atoms with Crippen molar-refractivity contribution in [1.29, 1.82) is 0 Å². The normalized spacial score (nSPS) is 17.9. The molecule has 0 aromatic carbocycles. The lowest BCUT2D eigenvalue weighted by molar-refractivity contribution is -0.127. The number of hydrogen-bond acceptors (Lipinski definition) is 4. The summed E-state index contributed by atoms with van der Waals surface area (Å²) in [4.78, 5) is 30.2. The Morgan fingerprint density at radius 1 is 1.44 bits per heavy atom. The second-order valence-corrected chi connectivity index (χ2v) is 6.05. The first-order valence-corrected chi connectivity index (χ1v) is 8.27. The van der Waals surface area contributed by atoms with Gasteiger partial charge in [0.25, 0.3) is 0 Å². The van der Waals surface area contributed by atoms with Gasteiger partial charge < -0.3 is 10.2 Å². The van der Waals surface area contributed by atoms with Crippen molar-refractivity contribution in [2.24, 2.45) is 13.0 Å². The molecular formula is C18H21N5O2. The first-order chi connectivity index (χ1) is 12.1. The molecular weight excluding hydrogens is 318 g/mol. The van der Waals surface area contributed by atoms with E-state index >= 15 is 0 Å². The average Bonchev–Trinajstić information content (AvgIpc) is 3.06. The van der Waals surface area contributed by atoms with Crippen LogP contribution in [-0.4, -0.2) is 39.7 Å². The van der Waals surface area contributed by atoms with Gasteiger partial charge in [0.1, 0.15) is 0 Å². The summed E-state index contributed by atoms with van der Waals surface area (Å²) >= 11 is 0. The molecule has 2 amide bonds. The Morgan fingerprint density at radius 2 is 2.32 bits per heavy atom. The maximum atomic E-state index is 12.4. The molecule has 130 valence electrons. The number of carbonyl (C=O) groups is 2. The maximum absolute atomic E-state index is 12.4. The lowest BCUT2D eigenvalue weighted by Gasteiger charge is -2.30. The van der Waals surface area contributed by atoms with E-state index in [0.29, 0.717) is 25.9 Å². The Kier molecular flexibility index (Phi) is 5.23. The number of aromatic nitrogens is 3. The maximum Gasteiger partial charge on any atom is 0.227 e. The van der Waals surface area contributed by atoms with E-state index < -0.39 is 0 Å². The molecule has 1 aliphatic rings. The molecule has 3 heterocycles. The number of amides is 2. The van der Waals surface area contributed by atoms with Gasteiger partial charge in [0.15, 0.2) is 0 Å². The summed E-state index contributed by atoms with van der Waals surface area (Å²) in [6.07, 6.45) is 11.7. The number of piperidine rings is 1. The van der Waals surface area contributed by atoms with Gasteiger partial charge in [-0.1, -0.05) is 18.2 Å². The van der Waals surface area contributed by atoms with Crippen LogP contribution in [0.5, 0.6) is 0 Å². The van der Waals surface area contributed by atoms with Crippen molar-refractivity contribution >= 4 is 23.6 Å². The number of aryl methyl sites for hydroxylation is 1. The van der Waals surface area contributed by atoms with Crippen LogP contribution in [0.25, 0.3) is 6.08 Å². The SMILES string of the molecule is Cn1cc(N2C[C@@H](C(=O)NCC=Cc3cccnc3)CCC2=O)cn1. The molecule has 1 fully saturated rings. The molecule has 0 aliphatic carbocycles. The van der Waals surface area contributed by atoms with Crippen molar-refractivity contribution in [3.63, 3.8) is 0 Å². The predicted octanol–water partition coefficient (Wildman–Crippen LogP) is 1.39. The predicted molar refractivity (Wildman–Crippen MR) is 94.6 cm³/mol. The zero-order valence-electron chi connectivity index (χ0n) is 14.1. The summed E-state index contributed by atoms with van der Waals surface area (Å²) in [7, 11) is 1.80. The Bertz CT molecular complexity index is 769. The van der Waals surface area contributed by atoms with Crippen molar-refractivity contribution in [2.75, 3.05) is 18.0 Å². The second-order valence-electron chi connectivity index (χ2n) is 6.05. The molecule has 25 heavy (non-hydrogen) atoms. The third-order valence-electron chi connectivity index (χ3n) is 4.17. The number of rotatable bonds is 5. The Morgan fingerprint density at radius 3 is 3.04 bits per heavy atom. The highest BCUT2D eigenvalue weighted by Gasteiger charge is 2.31. The fourth-order valence-electron chi connectivity index (χ4n) is 2.83. The van der Waals surface area contributed by atoms with Crippen LogP contribution in [0.4, 0.5) is 5.69 Å². The van der Waals surface area contributed by atoms with E-state index in [9.17, 15) is 9.59 Å². The highest BCUT2D eigenvalue weighted by Crippen LogP contribution is 2.23. The second kappa shape index (κ2) is 7.74. The molecule has 7 nitrogen and oxygen atoms in total. The van der Waals surface area contributed by atoms with Crippen LogP contribution in [0.1, 0.15) is 18.4 Å². The van der Waals surface area contributed by atoms with Gasteiger partial charge >= 0.3 is 0 Å². The molecule has 3 rings (SSSR count).